The molecule has 104 valence electrons. The largest absolute Gasteiger partial charge is 0.496 e. The van der Waals surface area contributed by atoms with Crippen LogP contribution in [0.4, 0.5) is 0 Å². The lowest BCUT2D eigenvalue weighted by molar-refractivity contribution is -0.143. The van der Waals surface area contributed by atoms with Crippen molar-refractivity contribution in [3.8, 4) is 5.75 Å². The van der Waals surface area contributed by atoms with E-state index in [2.05, 4.69) is 0 Å². The fourth-order valence-corrected chi connectivity index (χ4v) is 2.96. The van der Waals surface area contributed by atoms with Crippen molar-refractivity contribution < 1.29 is 19.4 Å². The van der Waals surface area contributed by atoms with Crippen LogP contribution in [0.25, 0.3) is 0 Å². The molecule has 19 heavy (non-hydrogen) atoms. The molecule has 2 rings (SSSR count). The topological polar surface area (TPSA) is 55.8 Å². The van der Waals surface area contributed by atoms with Crippen molar-refractivity contribution in [1.29, 1.82) is 0 Å². The molecule has 0 atom stereocenters. The molecular weight excluding hydrogens is 244 g/mol. The molecule has 1 N–H and O–H groups in total. The minimum atomic E-state index is -0.797. The second-order valence-corrected chi connectivity index (χ2v) is 5.06. The van der Waals surface area contributed by atoms with Gasteiger partial charge in [-0.05, 0) is 30.5 Å². The zero-order chi connectivity index (χ0) is 13.9. The number of ether oxygens (including phenoxy) is 2. The number of benzene rings is 1. The number of aliphatic carboxylic acids is 1. The molecule has 0 spiro atoms. The third kappa shape index (κ3) is 2.45. The second kappa shape index (κ2) is 5.61. The molecule has 0 heterocycles. The smallest absolute Gasteiger partial charge is 0.314 e. The molecule has 4 heteroatoms. The van der Waals surface area contributed by atoms with Crippen LogP contribution in [0, 0.1) is 0 Å². The molecule has 1 saturated carbocycles. The highest BCUT2D eigenvalue weighted by atomic mass is 16.5. The highest BCUT2D eigenvalue weighted by Crippen LogP contribution is 2.45. The van der Waals surface area contributed by atoms with E-state index >= 15 is 0 Å². The Morgan fingerprint density at radius 2 is 2.00 bits per heavy atom. The molecule has 1 fully saturated rings. The first-order chi connectivity index (χ1) is 9.14. The summed E-state index contributed by atoms with van der Waals surface area (Å²) < 4.78 is 10.5. The highest BCUT2D eigenvalue weighted by molar-refractivity contribution is 5.83. The predicted octanol–water partition coefficient (Wildman–Crippen LogP) is 2.74. The van der Waals surface area contributed by atoms with Gasteiger partial charge in [0.2, 0.25) is 0 Å². The fraction of sp³-hybridized carbons (Fsp3) is 0.533. The van der Waals surface area contributed by atoms with Gasteiger partial charge >= 0.3 is 5.97 Å². The zero-order valence-electron chi connectivity index (χ0n) is 11.4. The molecule has 0 aliphatic heterocycles. The van der Waals surface area contributed by atoms with E-state index in [1.165, 1.54) is 0 Å². The first-order valence-electron chi connectivity index (χ1n) is 6.54. The molecule has 1 aliphatic carbocycles. The third-order valence-corrected chi connectivity index (χ3v) is 3.96. The van der Waals surface area contributed by atoms with Gasteiger partial charge in [-0.25, -0.2) is 0 Å². The van der Waals surface area contributed by atoms with Crippen molar-refractivity contribution in [3.63, 3.8) is 0 Å². The van der Waals surface area contributed by atoms with Gasteiger partial charge in [0.25, 0.3) is 0 Å². The standard InChI is InChI=1S/C15H20O4/c1-18-10-11-5-6-13(19-2)12(9-11)15(14(16)17)7-3-4-8-15/h5-6,9H,3-4,7-8,10H2,1-2H3,(H,16,17). The minimum absolute atomic E-state index is 0.479. The zero-order valence-corrected chi connectivity index (χ0v) is 11.4. The van der Waals surface area contributed by atoms with E-state index in [9.17, 15) is 9.90 Å². The predicted molar refractivity (Wildman–Crippen MR) is 71.5 cm³/mol. The van der Waals surface area contributed by atoms with Gasteiger partial charge in [0.05, 0.1) is 19.1 Å². The Labute approximate surface area is 113 Å². The van der Waals surface area contributed by atoms with Crippen molar-refractivity contribution in [3.05, 3.63) is 29.3 Å². The molecule has 0 aromatic heterocycles. The summed E-state index contributed by atoms with van der Waals surface area (Å²) in [5, 5.41) is 9.67. The Morgan fingerprint density at radius 1 is 1.32 bits per heavy atom. The molecule has 1 aromatic carbocycles. The fourth-order valence-electron chi connectivity index (χ4n) is 2.96. The number of hydrogen-bond acceptors (Lipinski definition) is 3. The average Bonchev–Trinajstić information content (AvgIpc) is 2.89. The molecule has 1 aliphatic rings. The van der Waals surface area contributed by atoms with Crippen LogP contribution in [0.1, 0.15) is 36.8 Å². The van der Waals surface area contributed by atoms with E-state index in [4.69, 9.17) is 9.47 Å². The number of rotatable bonds is 5. The van der Waals surface area contributed by atoms with E-state index in [1.807, 2.05) is 18.2 Å². The van der Waals surface area contributed by atoms with Crippen LogP contribution >= 0.6 is 0 Å². The Hall–Kier alpha value is -1.55. The molecule has 1 aromatic rings. The van der Waals surface area contributed by atoms with Gasteiger partial charge < -0.3 is 14.6 Å². The van der Waals surface area contributed by atoms with E-state index in [1.54, 1.807) is 14.2 Å². The molecule has 0 saturated heterocycles. The van der Waals surface area contributed by atoms with Crippen LogP contribution in [0.5, 0.6) is 5.75 Å². The van der Waals surface area contributed by atoms with Gasteiger partial charge in [-0.3, -0.25) is 4.79 Å². The molecule has 4 nitrogen and oxygen atoms in total. The van der Waals surface area contributed by atoms with Crippen molar-refractivity contribution in [2.24, 2.45) is 0 Å². The van der Waals surface area contributed by atoms with Gasteiger partial charge in [0.15, 0.2) is 0 Å². The number of methoxy groups -OCH3 is 2. The van der Waals surface area contributed by atoms with Gasteiger partial charge in [0, 0.05) is 12.7 Å². The number of carbonyl (C=O) groups is 1. The van der Waals surface area contributed by atoms with Crippen LogP contribution in [0.15, 0.2) is 18.2 Å². The van der Waals surface area contributed by atoms with Gasteiger partial charge in [0.1, 0.15) is 5.75 Å². The summed E-state index contributed by atoms with van der Waals surface area (Å²) >= 11 is 0. The van der Waals surface area contributed by atoms with E-state index in [0.717, 1.165) is 24.0 Å². The van der Waals surface area contributed by atoms with Crippen LogP contribution in [-0.2, 0) is 21.6 Å². The summed E-state index contributed by atoms with van der Waals surface area (Å²) in [7, 11) is 3.21. The van der Waals surface area contributed by atoms with E-state index in [0.29, 0.717) is 25.2 Å². The first-order valence-corrected chi connectivity index (χ1v) is 6.54. The van der Waals surface area contributed by atoms with Crippen LogP contribution in [0.2, 0.25) is 0 Å². The van der Waals surface area contributed by atoms with Crippen LogP contribution in [0.3, 0.4) is 0 Å². The lowest BCUT2D eigenvalue weighted by Gasteiger charge is -2.27. The maximum absolute atomic E-state index is 11.8. The minimum Gasteiger partial charge on any atom is -0.496 e. The Morgan fingerprint density at radius 3 is 2.53 bits per heavy atom. The number of carboxylic acids is 1. The van der Waals surface area contributed by atoms with E-state index < -0.39 is 11.4 Å². The van der Waals surface area contributed by atoms with Crippen molar-refractivity contribution in [2.45, 2.75) is 37.7 Å². The summed E-state index contributed by atoms with van der Waals surface area (Å²) in [6, 6.07) is 5.67. The normalized spacial score (nSPS) is 17.4. The van der Waals surface area contributed by atoms with Crippen molar-refractivity contribution in [2.75, 3.05) is 14.2 Å². The summed E-state index contributed by atoms with van der Waals surface area (Å²) in [6.45, 7) is 0.479. The summed E-state index contributed by atoms with van der Waals surface area (Å²) in [4.78, 5) is 11.8. The summed E-state index contributed by atoms with van der Waals surface area (Å²) in [6.07, 6.45) is 3.25. The Bertz CT molecular complexity index is 461. The van der Waals surface area contributed by atoms with Crippen molar-refractivity contribution in [1.82, 2.24) is 0 Å². The summed E-state index contributed by atoms with van der Waals surface area (Å²) in [5.74, 6) is -0.0954. The van der Waals surface area contributed by atoms with E-state index in [-0.39, 0.29) is 0 Å². The lowest BCUT2D eigenvalue weighted by Crippen LogP contribution is -2.33. The molecule has 0 amide bonds. The van der Waals surface area contributed by atoms with Gasteiger partial charge in [-0.1, -0.05) is 18.9 Å². The molecule has 0 bridgehead atoms. The second-order valence-electron chi connectivity index (χ2n) is 5.06. The number of hydrogen-bond donors (Lipinski definition) is 1. The Kier molecular flexibility index (Phi) is 4.10. The monoisotopic (exact) mass is 264 g/mol. The Balaban J connectivity index is 2.50. The SMILES string of the molecule is COCc1ccc(OC)c(C2(C(=O)O)CCCC2)c1. The van der Waals surface area contributed by atoms with Crippen molar-refractivity contribution >= 4 is 5.97 Å². The number of carboxylic acid groups (broad SMARTS) is 1. The van der Waals surface area contributed by atoms with Crippen LogP contribution < -0.4 is 4.74 Å². The van der Waals surface area contributed by atoms with Gasteiger partial charge in [-0.2, -0.15) is 0 Å². The lowest BCUT2D eigenvalue weighted by atomic mass is 9.78. The molecular formula is C15H20O4. The summed E-state index contributed by atoms with van der Waals surface area (Å²) in [5.41, 5.74) is 0.968. The molecule has 0 unspecified atom stereocenters. The highest BCUT2D eigenvalue weighted by Gasteiger charge is 2.44. The van der Waals surface area contributed by atoms with Gasteiger partial charge in [-0.15, -0.1) is 0 Å². The third-order valence-electron chi connectivity index (χ3n) is 3.96. The first kappa shape index (κ1) is 13.9. The maximum atomic E-state index is 11.8. The maximum Gasteiger partial charge on any atom is 0.314 e. The van der Waals surface area contributed by atoms with Crippen LogP contribution in [-0.4, -0.2) is 25.3 Å². The average molecular weight is 264 g/mol. The quantitative estimate of drug-likeness (QED) is 0.888. The molecule has 0 radical (unpaired) electrons.